The third-order valence-corrected chi connectivity index (χ3v) is 16.7. The molecule has 0 aromatic heterocycles. The van der Waals surface area contributed by atoms with Crippen LogP contribution in [0.4, 0.5) is 11.4 Å². The van der Waals surface area contributed by atoms with Crippen LogP contribution in [0.1, 0.15) is 158 Å². The van der Waals surface area contributed by atoms with Crippen LogP contribution < -0.4 is 10.6 Å². The molecule has 1 saturated heterocycles. The van der Waals surface area contributed by atoms with Crippen molar-refractivity contribution in [2.45, 2.75) is 157 Å². The van der Waals surface area contributed by atoms with E-state index in [0.717, 1.165) is 11.4 Å². The number of rotatable bonds is 4. The molecule has 54 heavy (non-hydrogen) atoms. The lowest BCUT2D eigenvalue weighted by Crippen LogP contribution is -2.41. The molecule has 0 amide bonds. The topological polar surface area (TPSA) is 24.7 Å². The molecule has 0 aliphatic carbocycles. The first-order valence-corrected chi connectivity index (χ1v) is 22.6. The van der Waals surface area contributed by atoms with Crippen LogP contribution in [0.2, 0.25) is 0 Å². The normalized spacial score (nSPS) is 17.4. The summed E-state index contributed by atoms with van der Waals surface area (Å²) in [6, 6.07) is 31.5. The van der Waals surface area contributed by atoms with Gasteiger partial charge in [0.1, 0.15) is 0 Å². The molecule has 4 aromatic carbocycles. The SMILES string of the molecule is CC(C)(C)c1cc(C(C)(C)C)c(P2C(=Nc3ccccc3)P(c3c(C(C)(C)C)cc(C(C)(C)C)cc3C(C)(C)C)C2=Nc2ccccc2)c(C(C)(C)C)c1. The Bertz CT molecular complexity index is 1810. The zero-order valence-electron chi connectivity index (χ0n) is 36.9. The van der Waals surface area contributed by atoms with Crippen LogP contribution in [-0.2, 0) is 32.5 Å². The van der Waals surface area contributed by atoms with Crippen LogP contribution in [0.3, 0.4) is 0 Å². The maximum absolute atomic E-state index is 5.80. The van der Waals surface area contributed by atoms with Gasteiger partial charge in [0, 0.05) is 15.8 Å². The lowest BCUT2D eigenvalue weighted by Gasteiger charge is -2.47. The maximum atomic E-state index is 5.80. The first kappa shape index (κ1) is 42.2. The first-order valence-electron chi connectivity index (χ1n) is 19.9. The molecule has 4 heteroatoms. The van der Waals surface area contributed by atoms with Crippen molar-refractivity contribution in [1.82, 2.24) is 0 Å². The van der Waals surface area contributed by atoms with Gasteiger partial charge in [-0.25, -0.2) is 9.98 Å². The van der Waals surface area contributed by atoms with Crippen molar-refractivity contribution < 1.29 is 0 Å². The summed E-state index contributed by atoms with van der Waals surface area (Å²) in [7, 11) is -2.09. The molecule has 5 rings (SSSR count). The fourth-order valence-electron chi connectivity index (χ4n) is 7.07. The molecular weight excluding hydrogens is 691 g/mol. The van der Waals surface area contributed by atoms with Crippen molar-refractivity contribution >= 4 is 48.2 Å². The van der Waals surface area contributed by atoms with Crippen molar-refractivity contribution in [2.75, 3.05) is 0 Å². The number of para-hydroxylation sites is 2. The van der Waals surface area contributed by atoms with Gasteiger partial charge in [0.15, 0.2) is 0 Å². The largest absolute Gasteiger partial charge is 0.247 e. The van der Waals surface area contributed by atoms with E-state index in [1.807, 2.05) is 0 Å². The predicted molar refractivity (Wildman–Crippen MR) is 245 cm³/mol. The Hall–Kier alpha value is -2.92. The minimum absolute atomic E-state index is 0.0119. The van der Waals surface area contributed by atoms with Gasteiger partial charge < -0.3 is 0 Å². The molecular formula is C50H68N2P2. The first-order chi connectivity index (χ1) is 24.6. The molecule has 0 radical (unpaired) electrons. The summed E-state index contributed by atoms with van der Waals surface area (Å²) in [6.07, 6.45) is 0. The van der Waals surface area contributed by atoms with E-state index in [-0.39, 0.29) is 32.5 Å². The smallest absolute Gasteiger partial charge is 0.0851 e. The molecule has 0 unspecified atom stereocenters. The summed E-state index contributed by atoms with van der Waals surface area (Å²) >= 11 is 0. The Balaban J connectivity index is 2.03. The average Bonchev–Trinajstić information content (AvgIpc) is 3.02. The molecule has 1 heterocycles. The van der Waals surface area contributed by atoms with Gasteiger partial charge in [0.05, 0.1) is 21.8 Å². The van der Waals surface area contributed by atoms with E-state index in [4.69, 9.17) is 9.98 Å². The Labute approximate surface area is 332 Å². The molecule has 0 spiro atoms. The number of hydrogen-bond acceptors (Lipinski definition) is 2. The lowest BCUT2D eigenvalue weighted by atomic mass is 9.75. The minimum Gasteiger partial charge on any atom is -0.247 e. The second-order valence-electron chi connectivity index (χ2n) is 21.5. The summed E-state index contributed by atoms with van der Waals surface area (Å²) in [6.45, 7) is 42.8. The van der Waals surface area contributed by atoms with Gasteiger partial charge in [-0.2, -0.15) is 0 Å². The van der Waals surface area contributed by atoms with Crippen LogP contribution in [0, 0.1) is 0 Å². The Morgan fingerprint density at radius 2 is 0.574 bits per heavy atom. The van der Waals surface area contributed by atoms with Gasteiger partial charge in [-0.15, -0.1) is 0 Å². The second kappa shape index (κ2) is 14.5. The fourth-order valence-corrected chi connectivity index (χ4v) is 14.9. The maximum Gasteiger partial charge on any atom is 0.0851 e. The van der Waals surface area contributed by atoms with Crippen molar-refractivity contribution in [3.8, 4) is 0 Å². The van der Waals surface area contributed by atoms with Gasteiger partial charge in [-0.3, -0.25) is 0 Å². The van der Waals surface area contributed by atoms with E-state index in [1.165, 1.54) is 54.4 Å². The highest BCUT2D eigenvalue weighted by Gasteiger charge is 2.52. The summed E-state index contributed by atoms with van der Waals surface area (Å²) < 4.78 is 0. The zero-order chi connectivity index (χ0) is 40.4. The highest BCUT2D eigenvalue weighted by atomic mass is 31.2. The Kier molecular flexibility index (Phi) is 11.4. The van der Waals surface area contributed by atoms with Gasteiger partial charge in [0.2, 0.25) is 0 Å². The van der Waals surface area contributed by atoms with Crippen LogP contribution in [0.5, 0.6) is 0 Å². The highest BCUT2D eigenvalue weighted by Crippen LogP contribution is 2.74. The lowest BCUT2D eigenvalue weighted by molar-refractivity contribution is 0.553. The van der Waals surface area contributed by atoms with Crippen LogP contribution in [0.15, 0.2) is 94.9 Å². The molecule has 4 aromatic rings. The molecule has 1 fully saturated rings. The number of benzene rings is 4. The summed E-state index contributed by atoms with van der Waals surface area (Å²) in [5, 5.41) is 5.56. The van der Waals surface area contributed by atoms with E-state index in [2.05, 4.69) is 210 Å². The average molecular weight is 759 g/mol. The Morgan fingerprint density at radius 1 is 0.333 bits per heavy atom. The van der Waals surface area contributed by atoms with Crippen LogP contribution >= 0.6 is 15.8 Å². The zero-order valence-corrected chi connectivity index (χ0v) is 38.7. The van der Waals surface area contributed by atoms with Crippen LogP contribution in [0.25, 0.3) is 0 Å². The second-order valence-corrected chi connectivity index (χ2v) is 26.1. The van der Waals surface area contributed by atoms with Crippen molar-refractivity contribution in [1.29, 1.82) is 0 Å². The van der Waals surface area contributed by atoms with Gasteiger partial charge >= 0.3 is 0 Å². The highest BCUT2D eigenvalue weighted by molar-refractivity contribution is 8.39. The molecule has 0 bridgehead atoms. The summed E-state index contributed by atoms with van der Waals surface area (Å²) in [5.74, 6) is 0. The number of nitrogens with zero attached hydrogens (tertiary/aromatic N) is 2. The molecule has 1 aliphatic heterocycles. The molecule has 1 aliphatic rings. The molecule has 0 saturated carbocycles. The van der Waals surface area contributed by atoms with Crippen molar-refractivity contribution in [3.63, 3.8) is 0 Å². The minimum atomic E-state index is -1.05. The van der Waals surface area contributed by atoms with E-state index in [0.29, 0.717) is 0 Å². The third kappa shape index (κ3) is 8.87. The quantitative estimate of drug-likeness (QED) is 0.185. The number of hydrogen-bond donors (Lipinski definition) is 0. The van der Waals surface area contributed by atoms with Crippen LogP contribution in [-0.4, -0.2) is 10.4 Å². The van der Waals surface area contributed by atoms with E-state index < -0.39 is 15.8 Å². The predicted octanol–water partition coefficient (Wildman–Crippen LogP) is 14.8. The van der Waals surface area contributed by atoms with Crippen molar-refractivity contribution in [3.05, 3.63) is 118 Å². The van der Waals surface area contributed by atoms with E-state index in [9.17, 15) is 0 Å². The fraction of sp³-hybridized carbons (Fsp3) is 0.480. The van der Waals surface area contributed by atoms with Gasteiger partial charge in [-0.1, -0.05) is 185 Å². The van der Waals surface area contributed by atoms with Crippen molar-refractivity contribution in [2.24, 2.45) is 9.98 Å². The third-order valence-electron chi connectivity index (χ3n) is 10.4. The molecule has 288 valence electrons. The molecule has 0 N–H and O–H groups in total. The molecule has 2 nitrogen and oxygen atoms in total. The summed E-state index contributed by atoms with van der Waals surface area (Å²) in [4.78, 5) is 11.6. The molecule has 0 atom stereocenters. The Morgan fingerprint density at radius 3 is 0.778 bits per heavy atom. The van der Waals surface area contributed by atoms with Gasteiger partial charge in [-0.05, 0) is 101 Å². The monoisotopic (exact) mass is 758 g/mol. The van der Waals surface area contributed by atoms with Gasteiger partial charge in [0.25, 0.3) is 0 Å². The number of aliphatic imine (C=N–C) groups is 2. The summed E-state index contributed by atoms with van der Waals surface area (Å²) in [5.41, 5.74) is 10.2. The van der Waals surface area contributed by atoms with E-state index in [1.54, 1.807) is 0 Å². The standard InChI is InChI=1S/C50H68N2P2/c1-45(2,3)33-29-37(47(7,8)9)41(38(30-33)48(10,11)12)53-43(51-35-25-21-19-22-26-35)54(44(53)52-36-27-23-20-24-28-36)42-39(49(13,14)15)31-34(46(4,5)6)32-40(42)50(16,17)18/h19-32H,1-18H3. The van der Waals surface area contributed by atoms with E-state index >= 15 is 0 Å².